The molecule has 0 saturated carbocycles. The monoisotopic (exact) mass is 283 g/mol. The van der Waals surface area contributed by atoms with Crippen LogP contribution in [0, 0.1) is 0 Å². The maximum absolute atomic E-state index is 9.06. The van der Waals surface area contributed by atoms with E-state index in [1.165, 1.54) is 11.1 Å². The van der Waals surface area contributed by atoms with E-state index in [0.717, 1.165) is 12.2 Å². The highest BCUT2D eigenvalue weighted by Gasteiger charge is 2.02. The fraction of sp³-hybridized carbons (Fsp3) is 0.278. The Morgan fingerprint density at radius 3 is 2.10 bits per heavy atom. The third-order valence-electron chi connectivity index (χ3n) is 3.48. The van der Waals surface area contributed by atoms with Crippen LogP contribution in [0.15, 0.2) is 48.8 Å². The van der Waals surface area contributed by atoms with Gasteiger partial charge in [0, 0.05) is 30.9 Å². The predicted octanol–water partition coefficient (Wildman–Crippen LogP) is 2.50. The summed E-state index contributed by atoms with van der Waals surface area (Å²) < 4.78 is 2.02. The van der Waals surface area contributed by atoms with Crippen molar-refractivity contribution in [1.29, 1.82) is 0 Å². The Morgan fingerprint density at radius 2 is 1.57 bits per heavy atom. The van der Waals surface area contributed by atoms with E-state index in [0.29, 0.717) is 6.54 Å². The highest BCUT2D eigenvalue weighted by Crippen LogP contribution is 2.16. The Kier molecular flexibility index (Phi) is 5.52. The first-order chi connectivity index (χ1) is 10.2. The smallest absolute Gasteiger partial charge is 0.169 e. The topological polar surface area (TPSA) is 27.3 Å². The number of hydrogen-bond acceptors (Lipinski definition) is 2. The van der Waals surface area contributed by atoms with Crippen molar-refractivity contribution in [1.82, 2.24) is 0 Å². The lowest BCUT2D eigenvalue weighted by Gasteiger charge is -2.21. The van der Waals surface area contributed by atoms with E-state index in [2.05, 4.69) is 60.4 Å². The fourth-order valence-corrected chi connectivity index (χ4v) is 2.20. The highest BCUT2D eigenvalue weighted by molar-refractivity contribution is 5.70. The van der Waals surface area contributed by atoms with Crippen molar-refractivity contribution in [2.75, 3.05) is 24.6 Å². The first kappa shape index (κ1) is 15.3. The van der Waals surface area contributed by atoms with E-state index in [1.807, 2.05) is 24.0 Å². The van der Waals surface area contributed by atoms with Crippen LogP contribution in [-0.2, 0) is 7.05 Å². The average molecular weight is 283 g/mol. The van der Waals surface area contributed by atoms with Gasteiger partial charge in [-0.3, -0.25) is 0 Å². The van der Waals surface area contributed by atoms with Crippen LogP contribution in [-0.4, -0.2) is 24.8 Å². The zero-order valence-corrected chi connectivity index (χ0v) is 12.7. The number of hydrogen-bond donors (Lipinski definition) is 1. The van der Waals surface area contributed by atoms with Crippen molar-refractivity contribution >= 4 is 17.8 Å². The lowest BCUT2D eigenvalue weighted by molar-refractivity contribution is -0.671. The molecule has 0 aliphatic carbocycles. The standard InChI is InChI=1S/C18H23N2O/c1-3-20(14-15-21)18-8-6-16(7-9-18)4-5-17-10-12-19(2)13-11-17/h4-13,21H,3,14-15H2,1-2H3/q+1. The first-order valence-corrected chi connectivity index (χ1v) is 7.32. The summed E-state index contributed by atoms with van der Waals surface area (Å²) in [4.78, 5) is 2.16. The van der Waals surface area contributed by atoms with Crippen LogP contribution in [0.5, 0.6) is 0 Å². The number of pyridine rings is 1. The van der Waals surface area contributed by atoms with Crippen molar-refractivity contribution in [2.24, 2.45) is 7.05 Å². The van der Waals surface area contributed by atoms with Crippen LogP contribution in [0.4, 0.5) is 5.69 Å². The Morgan fingerprint density at radius 1 is 1.00 bits per heavy atom. The van der Waals surface area contributed by atoms with Crippen LogP contribution < -0.4 is 9.47 Å². The van der Waals surface area contributed by atoms with Gasteiger partial charge in [0.15, 0.2) is 12.4 Å². The molecule has 2 aromatic rings. The molecule has 1 N–H and O–H groups in total. The molecule has 0 radical (unpaired) electrons. The van der Waals surface area contributed by atoms with E-state index < -0.39 is 0 Å². The maximum atomic E-state index is 9.06. The second kappa shape index (κ2) is 7.60. The minimum absolute atomic E-state index is 0.181. The molecule has 0 bridgehead atoms. The van der Waals surface area contributed by atoms with Gasteiger partial charge in [0.05, 0.1) is 6.61 Å². The summed E-state index contributed by atoms with van der Waals surface area (Å²) >= 11 is 0. The number of aromatic nitrogens is 1. The summed E-state index contributed by atoms with van der Waals surface area (Å²) in [6, 6.07) is 12.6. The Hall–Kier alpha value is -2.13. The quantitative estimate of drug-likeness (QED) is 0.825. The maximum Gasteiger partial charge on any atom is 0.169 e. The number of rotatable bonds is 6. The van der Waals surface area contributed by atoms with Crippen LogP contribution >= 0.6 is 0 Å². The number of nitrogens with zero attached hydrogens (tertiary/aromatic N) is 2. The van der Waals surface area contributed by atoms with Gasteiger partial charge in [0.1, 0.15) is 7.05 Å². The summed E-state index contributed by atoms with van der Waals surface area (Å²) in [6.45, 7) is 3.85. The van der Waals surface area contributed by atoms with Crippen molar-refractivity contribution in [3.8, 4) is 0 Å². The molecule has 1 aromatic heterocycles. The van der Waals surface area contributed by atoms with Crippen molar-refractivity contribution in [2.45, 2.75) is 6.92 Å². The zero-order chi connectivity index (χ0) is 15.1. The van der Waals surface area contributed by atoms with Gasteiger partial charge in [0.25, 0.3) is 0 Å². The summed E-state index contributed by atoms with van der Waals surface area (Å²) in [5.41, 5.74) is 3.51. The fourth-order valence-electron chi connectivity index (χ4n) is 2.20. The van der Waals surface area contributed by atoms with Crippen LogP contribution in [0.25, 0.3) is 12.2 Å². The number of aliphatic hydroxyl groups is 1. The molecule has 1 heterocycles. The average Bonchev–Trinajstić information content (AvgIpc) is 2.53. The predicted molar refractivity (Wildman–Crippen MR) is 88.0 cm³/mol. The van der Waals surface area contributed by atoms with Gasteiger partial charge in [0.2, 0.25) is 0 Å². The second-order valence-electron chi connectivity index (χ2n) is 5.03. The summed E-state index contributed by atoms with van der Waals surface area (Å²) in [6.07, 6.45) is 8.30. The molecule has 0 aliphatic heterocycles. The van der Waals surface area contributed by atoms with Crippen molar-refractivity contribution in [3.05, 3.63) is 59.9 Å². The van der Waals surface area contributed by atoms with Gasteiger partial charge < -0.3 is 10.0 Å². The van der Waals surface area contributed by atoms with Gasteiger partial charge in [-0.15, -0.1) is 0 Å². The number of anilines is 1. The van der Waals surface area contributed by atoms with Crippen LogP contribution in [0.1, 0.15) is 18.1 Å². The molecular weight excluding hydrogens is 260 g/mol. The first-order valence-electron chi connectivity index (χ1n) is 7.32. The Bertz CT molecular complexity index is 573. The van der Waals surface area contributed by atoms with Gasteiger partial charge in [-0.05, 0) is 30.2 Å². The summed E-state index contributed by atoms with van der Waals surface area (Å²) in [5, 5.41) is 9.06. The molecular formula is C18H23N2O+. The van der Waals surface area contributed by atoms with Gasteiger partial charge >= 0.3 is 0 Å². The van der Waals surface area contributed by atoms with Gasteiger partial charge in [-0.25, -0.2) is 4.57 Å². The number of likely N-dealkylation sites (N-methyl/N-ethyl adjacent to an activating group) is 1. The van der Waals surface area contributed by atoms with E-state index in [9.17, 15) is 0 Å². The van der Waals surface area contributed by atoms with Crippen LogP contribution in [0.3, 0.4) is 0 Å². The molecule has 0 spiro atoms. The summed E-state index contributed by atoms with van der Waals surface area (Å²) in [7, 11) is 2.01. The van der Waals surface area contributed by atoms with Crippen molar-refractivity contribution < 1.29 is 9.67 Å². The van der Waals surface area contributed by atoms with Gasteiger partial charge in [-0.1, -0.05) is 24.3 Å². The summed E-state index contributed by atoms with van der Waals surface area (Å²) in [5.74, 6) is 0. The lowest BCUT2D eigenvalue weighted by atomic mass is 10.1. The van der Waals surface area contributed by atoms with Crippen LogP contribution in [0.2, 0.25) is 0 Å². The molecule has 21 heavy (non-hydrogen) atoms. The van der Waals surface area contributed by atoms with E-state index in [4.69, 9.17) is 5.11 Å². The largest absolute Gasteiger partial charge is 0.395 e. The SMILES string of the molecule is CCN(CCO)c1ccc(C=Cc2cc[n+](C)cc2)cc1. The molecule has 0 unspecified atom stereocenters. The molecule has 0 atom stereocenters. The molecule has 0 amide bonds. The second-order valence-corrected chi connectivity index (χ2v) is 5.03. The highest BCUT2D eigenvalue weighted by atomic mass is 16.3. The van der Waals surface area contributed by atoms with E-state index in [1.54, 1.807) is 0 Å². The molecule has 1 aromatic carbocycles. The lowest BCUT2D eigenvalue weighted by Crippen LogP contribution is -2.25. The Labute approximate surface area is 126 Å². The minimum atomic E-state index is 0.181. The normalized spacial score (nSPS) is 11.0. The number of aliphatic hydroxyl groups excluding tert-OH is 1. The minimum Gasteiger partial charge on any atom is -0.395 e. The molecule has 0 saturated heterocycles. The molecule has 3 heteroatoms. The molecule has 2 rings (SSSR count). The van der Waals surface area contributed by atoms with Gasteiger partial charge in [-0.2, -0.15) is 0 Å². The van der Waals surface area contributed by atoms with E-state index in [-0.39, 0.29) is 6.61 Å². The van der Waals surface area contributed by atoms with Crippen molar-refractivity contribution in [3.63, 3.8) is 0 Å². The third kappa shape index (κ3) is 4.43. The molecule has 3 nitrogen and oxygen atoms in total. The third-order valence-corrected chi connectivity index (χ3v) is 3.48. The molecule has 0 aliphatic rings. The molecule has 0 fully saturated rings. The number of benzene rings is 1. The molecule has 110 valence electrons. The number of aryl methyl sites for hydroxylation is 1. The Balaban J connectivity index is 2.06. The van der Waals surface area contributed by atoms with E-state index >= 15 is 0 Å². The zero-order valence-electron chi connectivity index (χ0n) is 12.7.